The van der Waals surface area contributed by atoms with Gasteiger partial charge in [0.25, 0.3) is 0 Å². The summed E-state index contributed by atoms with van der Waals surface area (Å²) in [5, 5.41) is 11.4. The van der Waals surface area contributed by atoms with E-state index in [2.05, 4.69) is 5.32 Å². The Labute approximate surface area is 41.8 Å². The fourth-order valence-electron chi connectivity index (χ4n) is 0.548. The maximum atomic E-state index is 8.68. The first kappa shape index (κ1) is 4.46. The normalized spacial score (nSPS) is 29.3. The highest BCUT2D eigenvalue weighted by Gasteiger charge is 2.06. The number of hydrogen-bond donors (Lipinski definition) is 3. The molecule has 4 N–H and O–H groups in total. The van der Waals surface area contributed by atoms with Crippen molar-refractivity contribution < 1.29 is 5.11 Å². The van der Waals surface area contributed by atoms with Crippen LogP contribution in [0.25, 0.3) is 0 Å². The lowest BCUT2D eigenvalue weighted by Crippen LogP contribution is -2.18. The van der Waals surface area contributed by atoms with Gasteiger partial charge in [0, 0.05) is 6.54 Å². The summed E-state index contributed by atoms with van der Waals surface area (Å²) < 4.78 is 0. The Kier molecular flexibility index (Phi) is 0.906. The molecule has 3 heteroatoms. The van der Waals surface area contributed by atoms with Crippen LogP contribution in [-0.4, -0.2) is 17.8 Å². The average Bonchev–Trinajstić information content (AvgIpc) is 1.87. The lowest BCUT2D eigenvalue weighted by atomic mass is 10.4. The van der Waals surface area contributed by atoms with Crippen LogP contribution in [0.2, 0.25) is 0 Å². The van der Waals surface area contributed by atoms with Gasteiger partial charge in [0.15, 0.2) is 0 Å². The Balaban J connectivity index is 2.50. The predicted molar refractivity (Wildman–Crippen MR) is 26.3 cm³/mol. The summed E-state index contributed by atoms with van der Waals surface area (Å²) in [4.78, 5) is 0. The standard InChI is InChI=1S/C4H8N2O/c5-4-1-3(7)2-6-4/h1,3,6-7H,2,5H2. The second-order valence-corrected chi connectivity index (χ2v) is 1.57. The molecule has 40 valence electrons. The Morgan fingerprint density at radius 3 is 2.86 bits per heavy atom. The first-order valence-corrected chi connectivity index (χ1v) is 2.18. The maximum Gasteiger partial charge on any atom is 0.0946 e. The zero-order valence-electron chi connectivity index (χ0n) is 3.89. The van der Waals surface area contributed by atoms with Crippen molar-refractivity contribution in [3.8, 4) is 0 Å². The van der Waals surface area contributed by atoms with Crippen molar-refractivity contribution in [2.45, 2.75) is 6.10 Å². The van der Waals surface area contributed by atoms with Crippen LogP contribution >= 0.6 is 0 Å². The summed E-state index contributed by atoms with van der Waals surface area (Å²) in [6.45, 7) is 0.561. The van der Waals surface area contributed by atoms with E-state index in [1.807, 2.05) is 0 Å². The second-order valence-electron chi connectivity index (χ2n) is 1.57. The van der Waals surface area contributed by atoms with Gasteiger partial charge in [-0.3, -0.25) is 0 Å². The summed E-state index contributed by atoms with van der Waals surface area (Å²) in [5.74, 6) is 0.576. The molecule has 0 saturated heterocycles. The highest BCUT2D eigenvalue weighted by atomic mass is 16.3. The third-order valence-corrected chi connectivity index (χ3v) is 0.887. The van der Waals surface area contributed by atoms with Gasteiger partial charge in [0.05, 0.1) is 11.9 Å². The predicted octanol–water partition coefficient (Wildman–Crippen LogP) is -1.25. The van der Waals surface area contributed by atoms with Crippen LogP contribution in [-0.2, 0) is 0 Å². The number of nitrogens with one attached hydrogen (secondary N) is 1. The van der Waals surface area contributed by atoms with Gasteiger partial charge in [-0.05, 0) is 6.08 Å². The van der Waals surface area contributed by atoms with Gasteiger partial charge in [-0.1, -0.05) is 0 Å². The number of aliphatic hydroxyl groups excluding tert-OH is 1. The molecule has 0 spiro atoms. The molecule has 0 saturated carbocycles. The van der Waals surface area contributed by atoms with Crippen molar-refractivity contribution in [2.24, 2.45) is 5.73 Å². The molecule has 7 heavy (non-hydrogen) atoms. The lowest BCUT2D eigenvalue weighted by Gasteiger charge is -1.92. The van der Waals surface area contributed by atoms with Crippen molar-refractivity contribution in [1.82, 2.24) is 5.32 Å². The quantitative estimate of drug-likeness (QED) is 0.356. The highest BCUT2D eigenvalue weighted by molar-refractivity contribution is 5.05. The van der Waals surface area contributed by atoms with Gasteiger partial charge in [0.2, 0.25) is 0 Å². The summed E-state index contributed by atoms with van der Waals surface area (Å²) in [5.41, 5.74) is 5.22. The van der Waals surface area contributed by atoms with Crippen LogP contribution in [0.5, 0.6) is 0 Å². The zero-order chi connectivity index (χ0) is 5.28. The van der Waals surface area contributed by atoms with E-state index in [4.69, 9.17) is 10.8 Å². The van der Waals surface area contributed by atoms with E-state index in [1.165, 1.54) is 0 Å². The molecule has 1 rings (SSSR count). The van der Waals surface area contributed by atoms with E-state index in [0.29, 0.717) is 12.4 Å². The molecule has 1 unspecified atom stereocenters. The first-order chi connectivity index (χ1) is 3.29. The van der Waals surface area contributed by atoms with Crippen molar-refractivity contribution in [2.75, 3.05) is 6.54 Å². The summed E-state index contributed by atoms with van der Waals surface area (Å²) in [7, 11) is 0. The van der Waals surface area contributed by atoms with Crippen molar-refractivity contribution in [1.29, 1.82) is 0 Å². The number of nitrogens with two attached hydrogens (primary N) is 1. The minimum absolute atomic E-state index is 0.375. The molecule has 0 bridgehead atoms. The Morgan fingerprint density at radius 2 is 2.71 bits per heavy atom. The SMILES string of the molecule is NC1=CC(O)CN1. The largest absolute Gasteiger partial charge is 0.387 e. The number of β-amino-alcohol motifs (C(OH)–C–C–N with tert-alkyl or cyclic N) is 1. The van der Waals surface area contributed by atoms with Gasteiger partial charge in [-0.15, -0.1) is 0 Å². The molecule has 1 aliphatic rings. The van der Waals surface area contributed by atoms with Gasteiger partial charge in [0.1, 0.15) is 0 Å². The summed E-state index contributed by atoms with van der Waals surface area (Å²) >= 11 is 0. The summed E-state index contributed by atoms with van der Waals surface area (Å²) in [6.07, 6.45) is 1.21. The third-order valence-electron chi connectivity index (χ3n) is 0.887. The van der Waals surface area contributed by atoms with Crippen molar-refractivity contribution >= 4 is 0 Å². The molecule has 0 aromatic heterocycles. The van der Waals surface area contributed by atoms with Crippen LogP contribution in [0.15, 0.2) is 11.9 Å². The van der Waals surface area contributed by atoms with Crippen LogP contribution in [0.1, 0.15) is 0 Å². The molecule has 1 heterocycles. The van der Waals surface area contributed by atoms with Crippen LogP contribution in [0.4, 0.5) is 0 Å². The topological polar surface area (TPSA) is 58.3 Å². The molecule has 0 amide bonds. The minimum atomic E-state index is -0.375. The van der Waals surface area contributed by atoms with Crippen LogP contribution in [0.3, 0.4) is 0 Å². The fraction of sp³-hybridized carbons (Fsp3) is 0.500. The molecule has 0 radical (unpaired) electrons. The lowest BCUT2D eigenvalue weighted by molar-refractivity contribution is 0.234. The monoisotopic (exact) mass is 100 g/mol. The molecule has 0 aliphatic carbocycles. The van der Waals surface area contributed by atoms with Crippen LogP contribution < -0.4 is 11.1 Å². The fourth-order valence-corrected chi connectivity index (χ4v) is 0.548. The number of rotatable bonds is 0. The molecule has 3 nitrogen and oxygen atoms in total. The Morgan fingerprint density at radius 1 is 2.00 bits per heavy atom. The highest BCUT2D eigenvalue weighted by Crippen LogP contribution is 1.93. The molecule has 0 fully saturated rings. The Bertz CT molecular complexity index is 99.9. The minimum Gasteiger partial charge on any atom is -0.387 e. The van der Waals surface area contributed by atoms with Gasteiger partial charge in [-0.2, -0.15) is 0 Å². The first-order valence-electron chi connectivity index (χ1n) is 2.18. The molecule has 1 atom stereocenters. The zero-order valence-corrected chi connectivity index (χ0v) is 3.89. The maximum absolute atomic E-state index is 8.68. The summed E-state index contributed by atoms with van der Waals surface area (Å²) in [6, 6.07) is 0. The third kappa shape index (κ3) is 0.838. The molecular weight excluding hydrogens is 92.1 g/mol. The number of hydrogen-bond acceptors (Lipinski definition) is 3. The van der Waals surface area contributed by atoms with Gasteiger partial charge in [-0.25, -0.2) is 0 Å². The molecule has 1 aliphatic heterocycles. The van der Waals surface area contributed by atoms with E-state index in [1.54, 1.807) is 6.08 Å². The van der Waals surface area contributed by atoms with E-state index in [-0.39, 0.29) is 6.10 Å². The van der Waals surface area contributed by atoms with Crippen molar-refractivity contribution in [3.63, 3.8) is 0 Å². The smallest absolute Gasteiger partial charge is 0.0946 e. The van der Waals surface area contributed by atoms with Crippen LogP contribution in [0, 0.1) is 0 Å². The van der Waals surface area contributed by atoms with Gasteiger partial charge < -0.3 is 16.2 Å². The molecule has 0 aromatic carbocycles. The average molecular weight is 100 g/mol. The second kappa shape index (κ2) is 1.42. The van der Waals surface area contributed by atoms with E-state index < -0.39 is 0 Å². The van der Waals surface area contributed by atoms with E-state index in [9.17, 15) is 0 Å². The molecular formula is C4H8N2O. The van der Waals surface area contributed by atoms with E-state index >= 15 is 0 Å². The number of aliphatic hydroxyl groups is 1. The van der Waals surface area contributed by atoms with E-state index in [0.717, 1.165) is 0 Å². The Hall–Kier alpha value is -0.700. The van der Waals surface area contributed by atoms with Gasteiger partial charge >= 0.3 is 0 Å². The van der Waals surface area contributed by atoms with Crippen molar-refractivity contribution in [3.05, 3.63) is 11.9 Å². The molecule has 0 aromatic rings.